The molecule has 3 aromatic carbocycles. The number of fused-ring (bicyclic) bond motifs is 2. The maximum Gasteiger partial charge on any atom is 0.407 e. The van der Waals surface area contributed by atoms with E-state index in [0.29, 0.717) is 17.2 Å². The van der Waals surface area contributed by atoms with Gasteiger partial charge >= 0.3 is 11.8 Å². The minimum absolute atomic E-state index is 0.129. The van der Waals surface area contributed by atoms with Gasteiger partial charge in [0.25, 0.3) is 0 Å². The smallest absolute Gasteiger partial charge is 0.407 e. The molecule has 43 heavy (non-hydrogen) atoms. The van der Waals surface area contributed by atoms with Crippen LogP contribution in [-0.2, 0) is 16.1 Å². The van der Waals surface area contributed by atoms with Gasteiger partial charge in [-0.25, -0.2) is 9.59 Å². The lowest BCUT2D eigenvalue weighted by Crippen LogP contribution is -2.29. The van der Waals surface area contributed by atoms with Crippen LogP contribution in [0, 0.1) is 0 Å². The highest BCUT2D eigenvalue weighted by Gasteiger charge is 2.36. The number of nitrogens with zero attached hydrogens (tertiary/aromatic N) is 2. The first-order valence-corrected chi connectivity index (χ1v) is 13.8. The Kier molecular flexibility index (Phi) is 8.22. The number of benzene rings is 3. The summed E-state index contributed by atoms with van der Waals surface area (Å²) in [6.07, 6.45) is -1.43. The zero-order valence-corrected chi connectivity index (χ0v) is 23.0. The number of hydrogen-bond donors (Lipinski definition) is 4. The van der Waals surface area contributed by atoms with Gasteiger partial charge in [-0.2, -0.15) is 4.98 Å². The fourth-order valence-electron chi connectivity index (χ4n) is 4.93. The van der Waals surface area contributed by atoms with Gasteiger partial charge in [-0.05, 0) is 34.9 Å². The number of hydrogen-bond acceptors (Lipinski definition) is 10. The number of para-hydroxylation sites is 1. The van der Waals surface area contributed by atoms with Gasteiger partial charge in [0.15, 0.2) is 17.3 Å². The van der Waals surface area contributed by atoms with Gasteiger partial charge in [-0.15, -0.1) is 0 Å². The highest BCUT2D eigenvalue weighted by atomic mass is 16.6. The molecule has 6 rings (SSSR count). The molecule has 1 amide bonds. The molecule has 4 N–H and O–H groups in total. The van der Waals surface area contributed by atoms with Crippen molar-refractivity contribution in [3.05, 3.63) is 95.0 Å². The van der Waals surface area contributed by atoms with Crippen molar-refractivity contribution in [2.75, 3.05) is 25.1 Å². The van der Waals surface area contributed by atoms with E-state index in [9.17, 15) is 19.8 Å². The third-order valence-electron chi connectivity index (χ3n) is 7.10. The van der Waals surface area contributed by atoms with Crippen LogP contribution in [-0.4, -0.2) is 57.8 Å². The monoisotopic (exact) mass is 586 g/mol. The van der Waals surface area contributed by atoms with Gasteiger partial charge in [0.05, 0.1) is 25.5 Å². The predicted molar refractivity (Wildman–Crippen MR) is 155 cm³/mol. The largest absolute Gasteiger partial charge is 0.489 e. The summed E-state index contributed by atoms with van der Waals surface area (Å²) in [6, 6.07) is 23.0. The number of anilines is 2. The summed E-state index contributed by atoms with van der Waals surface area (Å²) in [6.45, 7) is 0.102. The Labute approximate surface area is 246 Å². The first kappa shape index (κ1) is 28.2. The van der Waals surface area contributed by atoms with Gasteiger partial charge in [0.1, 0.15) is 37.0 Å². The Morgan fingerprint density at radius 1 is 1.07 bits per heavy atom. The van der Waals surface area contributed by atoms with Crippen molar-refractivity contribution in [2.45, 2.75) is 31.5 Å². The maximum atomic E-state index is 12.7. The molecule has 0 spiro atoms. The molecule has 0 radical (unpaired) electrons. The molecule has 1 saturated heterocycles. The van der Waals surface area contributed by atoms with Crippen LogP contribution in [0.15, 0.2) is 83.8 Å². The lowest BCUT2D eigenvalue weighted by molar-refractivity contribution is -0.0459. The topological polar surface area (TPSA) is 153 Å². The van der Waals surface area contributed by atoms with E-state index < -0.39 is 30.2 Å². The van der Waals surface area contributed by atoms with E-state index in [1.165, 1.54) is 10.8 Å². The second kappa shape index (κ2) is 12.5. The van der Waals surface area contributed by atoms with Crippen LogP contribution < -0.4 is 25.8 Å². The van der Waals surface area contributed by atoms with E-state index in [-0.39, 0.29) is 44.4 Å². The molecular formula is C31H30N4O8. The summed E-state index contributed by atoms with van der Waals surface area (Å²) >= 11 is 0. The summed E-state index contributed by atoms with van der Waals surface area (Å²) in [5, 5.41) is 25.2. The molecule has 2 aliphatic heterocycles. The minimum Gasteiger partial charge on any atom is -0.489 e. The van der Waals surface area contributed by atoms with E-state index >= 15 is 0 Å². The summed E-state index contributed by atoms with van der Waals surface area (Å²) in [7, 11) is 0. The highest BCUT2D eigenvalue weighted by Crippen LogP contribution is 2.45. The molecule has 1 aromatic heterocycles. The molecular weight excluding hydrogens is 556 g/mol. The average molecular weight is 587 g/mol. The van der Waals surface area contributed by atoms with Crippen molar-refractivity contribution >= 4 is 17.6 Å². The van der Waals surface area contributed by atoms with Crippen LogP contribution in [0.25, 0.3) is 11.1 Å². The Hall–Kier alpha value is -4.91. The third-order valence-corrected chi connectivity index (χ3v) is 7.10. The van der Waals surface area contributed by atoms with Crippen molar-refractivity contribution in [2.24, 2.45) is 0 Å². The number of carbonyl (C=O) groups is 1. The third kappa shape index (κ3) is 6.31. The minimum atomic E-state index is -0.897. The molecule has 222 valence electrons. The number of rotatable bonds is 9. The van der Waals surface area contributed by atoms with Crippen molar-refractivity contribution in [3.63, 3.8) is 0 Å². The highest BCUT2D eigenvalue weighted by molar-refractivity contribution is 5.77. The fraction of sp³-hybridized carbons (Fsp3) is 0.258. The Morgan fingerprint density at radius 2 is 1.88 bits per heavy atom. The Balaban J connectivity index is 1.02. The number of aliphatic hydroxyl groups is 2. The SMILES string of the molecule is O=C(NCCOc1cccc2c1Nc1nc(=O)n([C@H]3CC(O)[C@@H](CO)O3)cc1O2)OCc1cccc(-c2ccccc2)c1. The summed E-state index contributed by atoms with van der Waals surface area (Å²) < 4.78 is 24.0. The normalized spacial score (nSPS) is 18.5. The summed E-state index contributed by atoms with van der Waals surface area (Å²) in [4.78, 5) is 29.1. The van der Waals surface area contributed by atoms with Gasteiger partial charge < -0.3 is 39.8 Å². The molecule has 1 unspecified atom stereocenters. The van der Waals surface area contributed by atoms with Gasteiger partial charge in [-0.3, -0.25) is 4.57 Å². The van der Waals surface area contributed by atoms with E-state index in [4.69, 9.17) is 18.9 Å². The first-order valence-electron chi connectivity index (χ1n) is 13.8. The Morgan fingerprint density at radius 3 is 2.70 bits per heavy atom. The number of aliphatic hydroxyl groups excluding tert-OH is 2. The van der Waals surface area contributed by atoms with Crippen molar-refractivity contribution in [1.29, 1.82) is 0 Å². The molecule has 12 heteroatoms. The van der Waals surface area contributed by atoms with E-state index in [1.54, 1.807) is 18.2 Å². The van der Waals surface area contributed by atoms with Gasteiger partial charge in [-0.1, -0.05) is 54.6 Å². The number of alkyl carbamates (subject to hydrolysis) is 1. The first-order chi connectivity index (χ1) is 21.0. The molecule has 2 aliphatic rings. The van der Waals surface area contributed by atoms with Crippen LogP contribution in [0.3, 0.4) is 0 Å². The molecule has 0 bridgehead atoms. The van der Waals surface area contributed by atoms with Gasteiger partial charge in [0, 0.05) is 6.42 Å². The number of carbonyl (C=O) groups excluding carboxylic acids is 1. The predicted octanol–water partition coefficient (Wildman–Crippen LogP) is 3.71. The molecule has 3 atom stereocenters. The second-order valence-electron chi connectivity index (χ2n) is 10.0. The van der Waals surface area contributed by atoms with Crippen molar-refractivity contribution < 1.29 is 34.0 Å². The zero-order valence-electron chi connectivity index (χ0n) is 23.0. The standard InChI is InChI=1S/C31H30N4O8/c36-17-26-22(37)15-27(43-26)35-16-25-29(34-30(35)38)33-28-23(10-5-11-24(28)42-25)40-13-12-32-31(39)41-18-19-6-4-9-21(14-19)20-7-2-1-3-8-20/h1-11,14,16,22,26-27,36-37H,12-13,15,17-18H2,(H,32,39)(H,33,34,38)/t22?,26-,27-/m1/s1. The van der Waals surface area contributed by atoms with E-state index in [1.807, 2.05) is 54.6 Å². The number of amides is 1. The average Bonchev–Trinajstić information content (AvgIpc) is 3.41. The summed E-state index contributed by atoms with van der Waals surface area (Å²) in [5.41, 5.74) is 2.87. The fourth-order valence-corrected chi connectivity index (χ4v) is 4.93. The second-order valence-corrected chi connectivity index (χ2v) is 10.0. The molecule has 1 fully saturated rings. The Bertz CT molecular complexity index is 1660. The zero-order chi connectivity index (χ0) is 29.8. The van der Waals surface area contributed by atoms with Crippen molar-refractivity contribution in [3.8, 4) is 28.4 Å². The molecule has 0 saturated carbocycles. The van der Waals surface area contributed by atoms with Crippen LogP contribution in [0.4, 0.5) is 16.3 Å². The maximum absolute atomic E-state index is 12.7. The lowest BCUT2D eigenvalue weighted by atomic mass is 10.0. The number of nitrogens with one attached hydrogen (secondary N) is 2. The molecule has 3 heterocycles. The summed E-state index contributed by atoms with van der Waals surface area (Å²) in [5.74, 6) is 1.37. The quantitative estimate of drug-likeness (QED) is 0.188. The lowest BCUT2D eigenvalue weighted by Gasteiger charge is -2.24. The van der Waals surface area contributed by atoms with Crippen molar-refractivity contribution in [1.82, 2.24) is 14.9 Å². The van der Waals surface area contributed by atoms with Crippen LogP contribution in [0.5, 0.6) is 17.2 Å². The molecule has 0 aliphatic carbocycles. The van der Waals surface area contributed by atoms with Gasteiger partial charge in [0.2, 0.25) is 0 Å². The van der Waals surface area contributed by atoms with E-state index in [2.05, 4.69) is 15.6 Å². The number of aromatic nitrogens is 2. The van der Waals surface area contributed by atoms with Crippen LogP contribution >= 0.6 is 0 Å². The molecule has 4 aromatic rings. The van der Waals surface area contributed by atoms with E-state index in [0.717, 1.165) is 16.7 Å². The van der Waals surface area contributed by atoms with Crippen LogP contribution in [0.1, 0.15) is 18.2 Å². The molecule has 12 nitrogen and oxygen atoms in total. The number of ether oxygens (including phenoxy) is 4. The van der Waals surface area contributed by atoms with Crippen LogP contribution in [0.2, 0.25) is 0 Å².